The van der Waals surface area contributed by atoms with Crippen molar-refractivity contribution in [2.75, 3.05) is 0 Å². The van der Waals surface area contributed by atoms with E-state index in [-0.39, 0.29) is 0 Å². The zero-order chi connectivity index (χ0) is 7.84. The molecule has 0 fully saturated rings. The lowest BCUT2D eigenvalue weighted by molar-refractivity contribution is 1.44. The van der Waals surface area contributed by atoms with Gasteiger partial charge >= 0.3 is 0 Å². The molecule has 0 bridgehead atoms. The number of benzene rings is 1. The molecule has 0 N–H and O–H groups in total. The molecule has 0 spiro atoms. The van der Waals surface area contributed by atoms with E-state index >= 15 is 0 Å². The maximum absolute atomic E-state index is 5.99. The summed E-state index contributed by atoms with van der Waals surface area (Å²) in [5.41, 5.74) is 4.75. The van der Waals surface area contributed by atoms with Crippen molar-refractivity contribution in [3.8, 4) is 0 Å². The first-order valence-corrected chi connectivity index (χ1v) is 4.40. The average Bonchev–Trinajstić information content (AvgIpc) is 2.45. The van der Waals surface area contributed by atoms with Gasteiger partial charge in [0.05, 0.1) is 9.72 Å². The van der Waals surface area contributed by atoms with Crippen molar-refractivity contribution in [3.05, 3.63) is 28.2 Å². The molecule has 0 atom stereocenters. The van der Waals surface area contributed by atoms with Gasteiger partial charge in [0.1, 0.15) is 5.52 Å². The second kappa shape index (κ2) is 2.47. The molecule has 1 aromatic heterocycles. The standard InChI is InChI=1S/C8H5ClNS/c1-5-2-3-6-8(7(5)9)10-4-11-6/h2-3H,1H3. The number of fused-ring (bicyclic) bond motifs is 1. The molecule has 0 amide bonds. The molecule has 2 rings (SSSR count). The highest BCUT2D eigenvalue weighted by Crippen LogP contribution is 2.27. The Morgan fingerprint density at radius 3 is 3.18 bits per heavy atom. The maximum Gasteiger partial charge on any atom is 0.153 e. The molecule has 55 valence electrons. The lowest BCUT2D eigenvalue weighted by Gasteiger charge is -1.95. The van der Waals surface area contributed by atoms with Crippen molar-refractivity contribution in [1.82, 2.24) is 4.98 Å². The number of aryl methyl sites for hydroxylation is 1. The fraction of sp³-hybridized carbons (Fsp3) is 0.125. The number of rotatable bonds is 0. The summed E-state index contributed by atoms with van der Waals surface area (Å²) in [5.74, 6) is 0. The van der Waals surface area contributed by atoms with E-state index in [4.69, 9.17) is 11.6 Å². The molecular weight excluding hydrogens is 178 g/mol. The van der Waals surface area contributed by atoms with Gasteiger partial charge in [-0.15, -0.1) is 11.3 Å². The van der Waals surface area contributed by atoms with Crippen molar-refractivity contribution in [1.29, 1.82) is 0 Å². The van der Waals surface area contributed by atoms with E-state index in [1.807, 2.05) is 19.1 Å². The molecule has 2 aromatic rings. The van der Waals surface area contributed by atoms with E-state index in [9.17, 15) is 0 Å². The van der Waals surface area contributed by atoms with Gasteiger partial charge in [0.25, 0.3) is 0 Å². The van der Waals surface area contributed by atoms with Crippen LogP contribution in [0.15, 0.2) is 12.1 Å². The third-order valence-corrected chi connectivity index (χ3v) is 2.79. The highest BCUT2D eigenvalue weighted by molar-refractivity contribution is 7.16. The van der Waals surface area contributed by atoms with E-state index in [2.05, 4.69) is 10.5 Å². The minimum Gasteiger partial charge on any atom is -0.232 e. The second-order valence-corrected chi connectivity index (χ2v) is 3.55. The van der Waals surface area contributed by atoms with Crippen LogP contribution in [0.4, 0.5) is 0 Å². The number of thiazole rings is 1. The Bertz CT molecular complexity index is 394. The Balaban J connectivity index is 2.93. The Labute approximate surface area is 73.6 Å². The Morgan fingerprint density at radius 2 is 2.36 bits per heavy atom. The lowest BCUT2D eigenvalue weighted by Crippen LogP contribution is -1.75. The van der Waals surface area contributed by atoms with Crippen LogP contribution in [0.1, 0.15) is 5.56 Å². The highest BCUT2D eigenvalue weighted by Gasteiger charge is 2.03. The first-order valence-electron chi connectivity index (χ1n) is 3.21. The van der Waals surface area contributed by atoms with Crippen LogP contribution in [-0.2, 0) is 0 Å². The summed E-state index contributed by atoms with van der Waals surface area (Å²) in [6.07, 6.45) is 0. The molecule has 0 aliphatic carbocycles. The monoisotopic (exact) mass is 182 g/mol. The van der Waals surface area contributed by atoms with Crippen LogP contribution >= 0.6 is 22.9 Å². The third-order valence-electron chi connectivity index (χ3n) is 1.59. The van der Waals surface area contributed by atoms with Gasteiger partial charge in [-0.3, -0.25) is 0 Å². The lowest BCUT2D eigenvalue weighted by atomic mass is 10.2. The molecule has 0 saturated carbocycles. The van der Waals surface area contributed by atoms with E-state index in [1.165, 1.54) is 11.3 Å². The minimum absolute atomic E-state index is 0.750. The van der Waals surface area contributed by atoms with Gasteiger partial charge in [-0.1, -0.05) is 17.7 Å². The van der Waals surface area contributed by atoms with Gasteiger partial charge < -0.3 is 0 Å². The van der Waals surface area contributed by atoms with Gasteiger partial charge in [0.2, 0.25) is 0 Å². The topological polar surface area (TPSA) is 12.9 Å². The van der Waals surface area contributed by atoms with Gasteiger partial charge in [0, 0.05) is 0 Å². The molecule has 3 heteroatoms. The number of hydrogen-bond acceptors (Lipinski definition) is 2. The fourth-order valence-corrected chi connectivity index (χ4v) is 1.83. The summed E-state index contributed by atoms with van der Waals surface area (Å²) in [7, 11) is 0. The van der Waals surface area contributed by atoms with Crippen LogP contribution < -0.4 is 0 Å². The minimum atomic E-state index is 0.750. The summed E-state index contributed by atoms with van der Waals surface area (Å²) in [4.78, 5) is 4.04. The highest BCUT2D eigenvalue weighted by atomic mass is 35.5. The van der Waals surface area contributed by atoms with E-state index in [0.29, 0.717) is 0 Å². The quantitative estimate of drug-likeness (QED) is 0.610. The molecule has 1 heterocycles. The van der Waals surface area contributed by atoms with Gasteiger partial charge in [0.15, 0.2) is 5.51 Å². The van der Waals surface area contributed by atoms with E-state index in [1.54, 1.807) is 0 Å². The van der Waals surface area contributed by atoms with E-state index < -0.39 is 0 Å². The van der Waals surface area contributed by atoms with Crippen LogP contribution in [0.5, 0.6) is 0 Å². The van der Waals surface area contributed by atoms with Gasteiger partial charge in [-0.25, -0.2) is 4.98 Å². The number of aromatic nitrogens is 1. The summed E-state index contributed by atoms with van der Waals surface area (Å²) in [5, 5.41) is 0.750. The first-order chi connectivity index (χ1) is 5.29. The molecule has 1 nitrogen and oxygen atoms in total. The normalized spacial score (nSPS) is 10.7. The molecular formula is C8H5ClNS. The van der Waals surface area contributed by atoms with Crippen molar-refractivity contribution >= 4 is 33.2 Å². The maximum atomic E-state index is 5.99. The SMILES string of the molecule is Cc1ccc2s[c]nc2c1Cl. The Kier molecular flexibility index (Phi) is 1.59. The predicted molar refractivity (Wildman–Crippen MR) is 48.2 cm³/mol. The van der Waals surface area contributed by atoms with Crippen LogP contribution in [-0.4, -0.2) is 4.98 Å². The molecule has 0 aliphatic rings. The van der Waals surface area contributed by atoms with Gasteiger partial charge in [-0.05, 0) is 18.6 Å². The van der Waals surface area contributed by atoms with Gasteiger partial charge in [-0.2, -0.15) is 0 Å². The summed E-state index contributed by atoms with van der Waals surface area (Å²) in [6.45, 7) is 1.97. The Morgan fingerprint density at radius 1 is 1.55 bits per heavy atom. The zero-order valence-electron chi connectivity index (χ0n) is 5.89. The number of halogens is 1. The van der Waals surface area contributed by atoms with Crippen LogP contribution in [0.25, 0.3) is 10.2 Å². The van der Waals surface area contributed by atoms with Crippen molar-refractivity contribution in [3.63, 3.8) is 0 Å². The summed E-state index contributed by atoms with van der Waals surface area (Å²) < 4.78 is 1.10. The van der Waals surface area contributed by atoms with Crippen LogP contribution in [0, 0.1) is 12.4 Å². The molecule has 1 radical (unpaired) electrons. The molecule has 0 unspecified atom stereocenters. The van der Waals surface area contributed by atoms with Crippen molar-refractivity contribution < 1.29 is 0 Å². The molecule has 0 aliphatic heterocycles. The second-order valence-electron chi connectivity index (χ2n) is 2.35. The van der Waals surface area contributed by atoms with E-state index in [0.717, 1.165) is 20.8 Å². The molecule has 0 saturated heterocycles. The van der Waals surface area contributed by atoms with Crippen molar-refractivity contribution in [2.24, 2.45) is 0 Å². The number of hydrogen-bond donors (Lipinski definition) is 0. The summed E-state index contributed by atoms with van der Waals surface area (Å²) in [6, 6.07) is 4.02. The molecule has 1 aromatic carbocycles. The predicted octanol–water partition coefficient (Wildman–Crippen LogP) is 3.06. The zero-order valence-corrected chi connectivity index (χ0v) is 7.46. The summed E-state index contributed by atoms with van der Waals surface area (Å²) >= 11 is 7.48. The number of nitrogens with zero attached hydrogens (tertiary/aromatic N) is 1. The first kappa shape index (κ1) is 7.07. The van der Waals surface area contributed by atoms with Crippen LogP contribution in [0.3, 0.4) is 0 Å². The largest absolute Gasteiger partial charge is 0.232 e. The smallest absolute Gasteiger partial charge is 0.153 e. The third kappa shape index (κ3) is 1.03. The van der Waals surface area contributed by atoms with Crippen molar-refractivity contribution in [2.45, 2.75) is 6.92 Å². The Hall–Kier alpha value is -0.600. The fourth-order valence-electron chi connectivity index (χ4n) is 0.952. The van der Waals surface area contributed by atoms with Crippen LogP contribution in [0.2, 0.25) is 5.02 Å². The molecule has 11 heavy (non-hydrogen) atoms. The average molecular weight is 183 g/mol.